The van der Waals surface area contributed by atoms with E-state index in [1.807, 2.05) is 16.8 Å². The van der Waals surface area contributed by atoms with E-state index >= 15 is 0 Å². The summed E-state index contributed by atoms with van der Waals surface area (Å²) in [6.45, 7) is 1.48. The number of nitrogens with one attached hydrogen (secondary N) is 1. The number of hydrogen-bond donors (Lipinski definition) is 2. The van der Waals surface area contributed by atoms with Crippen molar-refractivity contribution in [3.05, 3.63) is 54.5 Å². The summed E-state index contributed by atoms with van der Waals surface area (Å²) in [4.78, 5) is 16.8. The van der Waals surface area contributed by atoms with Gasteiger partial charge in [-0.25, -0.2) is 9.50 Å². The summed E-state index contributed by atoms with van der Waals surface area (Å²) < 4.78 is 9.54. The maximum Gasteiger partial charge on any atom is 0.223 e. The monoisotopic (exact) mass is 483 g/mol. The number of hydrogen-bond acceptors (Lipinski definition) is 6. The number of nitrogens with zero attached hydrogens (tertiary/aromatic N) is 5. The Morgan fingerprint density at radius 2 is 1.92 bits per heavy atom. The Morgan fingerprint density at radius 3 is 2.75 bits per heavy atom. The number of benzene rings is 1. The minimum absolute atomic E-state index is 0.0762. The Kier molecular flexibility index (Phi) is 5.06. The van der Waals surface area contributed by atoms with Gasteiger partial charge in [0.15, 0.2) is 5.82 Å². The largest absolute Gasteiger partial charge is 0.382 e. The second-order valence-corrected chi connectivity index (χ2v) is 10.2. The fourth-order valence-corrected chi connectivity index (χ4v) is 5.53. The van der Waals surface area contributed by atoms with E-state index in [1.165, 1.54) is 11.9 Å². The quantitative estimate of drug-likeness (QED) is 0.434. The van der Waals surface area contributed by atoms with Crippen molar-refractivity contribution in [1.82, 2.24) is 29.7 Å². The summed E-state index contributed by atoms with van der Waals surface area (Å²) in [7, 11) is 0. The van der Waals surface area contributed by atoms with Crippen LogP contribution in [-0.2, 0) is 9.53 Å². The number of nitrogens with two attached hydrogens (primary N) is 1. The minimum Gasteiger partial charge on any atom is -0.382 e. The summed E-state index contributed by atoms with van der Waals surface area (Å²) in [6, 6.07) is 13.3. The molecule has 36 heavy (non-hydrogen) atoms. The second-order valence-electron chi connectivity index (χ2n) is 10.2. The van der Waals surface area contributed by atoms with E-state index in [2.05, 4.69) is 55.5 Å². The summed E-state index contributed by atoms with van der Waals surface area (Å²) >= 11 is 0. The normalized spacial score (nSPS) is 22.1. The van der Waals surface area contributed by atoms with E-state index in [4.69, 9.17) is 10.5 Å². The SMILES string of the molecule is Nc1ncnn2c(-c3cccc(C4CC4C(=O)NC4CC4)c3)cc(-c3ccnn3C3CCOCC3)c12. The number of amides is 1. The molecule has 1 aliphatic heterocycles. The topological polar surface area (TPSA) is 112 Å². The molecule has 184 valence electrons. The van der Waals surface area contributed by atoms with Crippen molar-refractivity contribution in [2.45, 2.75) is 50.1 Å². The summed E-state index contributed by atoms with van der Waals surface area (Å²) in [5, 5.41) is 12.4. The number of carbonyl (C=O) groups excluding carboxylic acids is 1. The molecule has 0 bridgehead atoms. The Morgan fingerprint density at radius 1 is 1.06 bits per heavy atom. The average Bonchev–Trinajstić information content (AvgIpc) is 3.80. The zero-order chi connectivity index (χ0) is 24.2. The lowest BCUT2D eigenvalue weighted by molar-refractivity contribution is -0.122. The van der Waals surface area contributed by atoms with Gasteiger partial charge < -0.3 is 15.8 Å². The van der Waals surface area contributed by atoms with Gasteiger partial charge in [-0.15, -0.1) is 0 Å². The highest BCUT2D eigenvalue weighted by atomic mass is 16.5. The molecular weight excluding hydrogens is 454 g/mol. The smallest absolute Gasteiger partial charge is 0.223 e. The lowest BCUT2D eigenvalue weighted by Crippen LogP contribution is -2.27. The van der Waals surface area contributed by atoms with Crippen LogP contribution in [0.1, 0.15) is 49.6 Å². The molecule has 3 N–H and O–H groups in total. The Balaban J connectivity index is 1.27. The number of rotatable bonds is 6. The van der Waals surface area contributed by atoms with Crippen LogP contribution in [0.15, 0.2) is 48.9 Å². The summed E-state index contributed by atoms with van der Waals surface area (Å²) in [5.41, 5.74) is 12.3. The van der Waals surface area contributed by atoms with Crippen LogP contribution in [0, 0.1) is 5.92 Å². The van der Waals surface area contributed by atoms with E-state index < -0.39 is 0 Å². The fraction of sp³-hybridized carbons (Fsp3) is 0.407. The lowest BCUT2D eigenvalue weighted by Gasteiger charge is -2.24. The Bertz CT molecular complexity index is 1450. The van der Waals surface area contributed by atoms with Gasteiger partial charge in [0.05, 0.1) is 17.4 Å². The molecule has 7 rings (SSSR count). The molecule has 2 atom stereocenters. The second kappa shape index (κ2) is 8.44. The molecule has 1 aromatic carbocycles. The van der Waals surface area contributed by atoms with Crippen LogP contribution < -0.4 is 11.1 Å². The minimum atomic E-state index is 0.0762. The third-order valence-corrected chi connectivity index (χ3v) is 7.73. The van der Waals surface area contributed by atoms with Gasteiger partial charge in [-0.2, -0.15) is 10.2 Å². The number of nitrogen functional groups attached to an aromatic ring is 1. The van der Waals surface area contributed by atoms with Crippen LogP contribution in [-0.4, -0.2) is 49.5 Å². The zero-order valence-electron chi connectivity index (χ0n) is 20.0. The third kappa shape index (κ3) is 3.74. The van der Waals surface area contributed by atoms with Crippen molar-refractivity contribution in [3.63, 3.8) is 0 Å². The Labute approximate surface area is 208 Å². The number of fused-ring (bicyclic) bond motifs is 1. The fourth-order valence-electron chi connectivity index (χ4n) is 5.53. The molecular formula is C27H29N7O2. The molecule has 3 aromatic heterocycles. The van der Waals surface area contributed by atoms with Gasteiger partial charge in [-0.05, 0) is 61.8 Å². The van der Waals surface area contributed by atoms with Crippen LogP contribution in [0.25, 0.3) is 28.0 Å². The predicted octanol–water partition coefficient (Wildman–Crippen LogP) is 3.58. The van der Waals surface area contributed by atoms with Gasteiger partial charge in [0.25, 0.3) is 0 Å². The zero-order valence-corrected chi connectivity index (χ0v) is 20.0. The van der Waals surface area contributed by atoms with Crippen LogP contribution in [0.2, 0.25) is 0 Å². The first-order valence-electron chi connectivity index (χ1n) is 12.8. The maximum atomic E-state index is 12.5. The molecule has 4 aromatic rings. The first-order valence-corrected chi connectivity index (χ1v) is 12.8. The summed E-state index contributed by atoms with van der Waals surface area (Å²) in [5.74, 6) is 0.975. The molecule has 3 aliphatic rings. The first-order chi connectivity index (χ1) is 17.7. The first kappa shape index (κ1) is 21.6. The van der Waals surface area contributed by atoms with Gasteiger partial charge in [0.2, 0.25) is 5.91 Å². The molecule has 2 aliphatic carbocycles. The molecule has 9 heteroatoms. The van der Waals surface area contributed by atoms with Crippen molar-refractivity contribution in [3.8, 4) is 22.5 Å². The van der Waals surface area contributed by atoms with E-state index in [0.29, 0.717) is 11.9 Å². The van der Waals surface area contributed by atoms with E-state index in [0.717, 1.165) is 73.3 Å². The molecule has 3 fully saturated rings. The van der Waals surface area contributed by atoms with E-state index in [9.17, 15) is 4.79 Å². The predicted molar refractivity (Wildman–Crippen MR) is 135 cm³/mol. The van der Waals surface area contributed by atoms with Crippen molar-refractivity contribution < 1.29 is 9.53 Å². The molecule has 1 saturated heterocycles. The number of anilines is 1. The highest BCUT2D eigenvalue weighted by molar-refractivity contribution is 5.91. The Hall–Kier alpha value is -3.72. The van der Waals surface area contributed by atoms with Crippen LogP contribution in [0.4, 0.5) is 5.82 Å². The van der Waals surface area contributed by atoms with Gasteiger partial charge >= 0.3 is 0 Å². The molecule has 1 amide bonds. The molecule has 0 radical (unpaired) electrons. The highest BCUT2D eigenvalue weighted by Gasteiger charge is 2.45. The molecule has 2 unspecified atom stereocenters. The molecule has 2 saturated carbocycles. The highest BCUT2D eigenvalue weighted by Crippen LogP contribution is 2.49. The van der Waals surface area contributed by atoms with Gasteiger partial charge in [0.1, 0.15) is 11.8 Å². The van der Waals surface area contributed by atoms with Gasteiger partial charge in [0, 0.05) is 42.5 Å². The van der Waals surface area contributed by atoms with Crippen LogP contribution >= 0.6 is 0 Å². The van der Waals surface area contributed by atoms with Crippen LogP contribution in [0.3, 0.4) is 0 Å². The van der Waals surface area contributed by atoms with Gasteiger partial charge in [-0.1, -0.05) is 18.2 Å². The van der Waals surface area contributed by atoms with Gasteiger partial charge in [-0.3, -0.25) is 9.48 Å². The van der Waals surface area contributed by atoms with Crippen molar-refractivity contribution in [2.75, 3.05) is 18.9 Å². The third-order valence-electron chi connectivity index (χ3n) is 7.73. The van der Waals surface area contributed by atoms with Crippen molar-refractivity contribution in [1.29, 1.82) is 0 Å². The standard InChI is InChI=1S/C27H29N7O2/c28-26-25-22(23-6-9-30-33(23)19-7-10-36-11-8-19)14-24(34(25)31-15-29-26)17-3-1-2-16(12-17)20-13-21(20)27(35)32-18-4-5-18/h1-3,6,9,12,14-15,18-21H,4-5,7-8,10-11,13H2,(H,32,35)(H2,28,29,31). The number of carbonyl (C=O) groups is 1. The number of ether oxygens (including phenoxy) is 1. The van der Waals surface area contributed by atoms with Crippen LogP contribution in [0.5, 0.6) is 0 Å². The van der Waals surface area contributed by atoms with Crippen molar-refractivity contribution >= 4 is 17.2 Å². The average molecular weight is 484 g/mol. The number of aromatic nitrogens is 5. The van der Waals surface area contributed by atoms with Crippen molar-refractivity contribution in [2.24, 2.45) is 5.92 Å². The van der Waals surface area contributed by atoms with E-state index in [-0.39, 0.29) is 23.8 Å². The molecule has 4 heterocycles. The lowest BCUT2D eigenvalue weighted by atomic mass is 10.0. The summed E-state index contributed by atoms with van der Waals surface area (Å²) in [6.07, 6.45) is 8.32. The maximum absolute atomic E-state index is 12.5. The van der Waals surface area contributed by atoms with E-state index in [1.54, 1.807) is 0 Å². The molecule has 0 spiro atoms. The molecule has 9 nitrogen and oxygen atoms in total.